The Morgan fingerprint density at radius 2 is 1.70 bits per heavy atom. The van der Waals surface area contributed by atoms with Crippen LogP contribution < -0.4 is 11.1 Å². The van der Waals surface area contributed by atoms with Crippen molar-refractivity contribution in [1.82, 2.24) is 4.90 Å². The van der Waals surface area contributed by atoms with Crippen LogP contribution >= 0.6 is 0 Å². The lowest BCUT2D eigenvalue weighted by Crippen LogP contribution is -2.29. The number of nitrogens with two attached hydrogens (primary N) is 1. The number of anilines is 1. The van der Waals surface area contributed by atoms with Gasteiger partial charge in [0.15, 0.2) is 0 Å². The Hall–Kier alpha value is -1.39. The van der Waals surface area contributed by atoms with Gasteiger partial charge < -0.3 is 16.0 Å². The molecule has 1 aromatic carbocycles. The van der Waals surface area contributed by atoms with Crippen molar-refractivity contribution in [1.29, 1.82) is 0 Å². The molecule has 0 atom stereocenters. The monoisotopic (exact) mass is 277 g/mol. The first-order valence-electron chi connectivity index (χ1n) is 7.50. The molecule has 0 bridgehead atoms. The highest BCUT2D eigenvalue weighted by atomic mass is 16.1. The third-order valence-corrected chi connectivity index (χ3v) is 3.21. The van der Waals surface area contributed by atoms with Crippen molar-refractivity contribution in [3.05, 3.63) is 29.8 Å². The van der Waals surface area contributed by atoms with Gasteiger partial charge in [0, 0.05) is 25.2 Å². The third kappa shape index (κ3) is 6.17. The zero-order valence-electron chi connectivity index (χ0n) is 12.7. The van der Waals surface area contributed by atoms with E-state index in [1.807, 2.05) is 24.3 Å². The van der Waals surface area contributed by atoms with E-state index in [1.165, 1.54) is 0 Å². The van der Waals surface area contributed by atoms with Crippen LogP contribution in [0.15, 0.2) is 24.3 Å². The van der Waals surface area contributed by atoms with E-state index >= 15 is 0 Å². The minimum absolute atomic E-state index is 0.0719. The summed E-state index contributed by atoms with van der Waals surface area (Å²) < 4.78 is 0. The number of nitrogens with one attached hydrogen (secondary N) is 1. The number of rotatable bonds is 9. The molecule has 0 unspecified atom stereocenters. The van der Waals surface area contributed by atoms with Gasteiger partial charge in [-0.15, -0.1) is 0 Å². The van der Waals surface area contributed by atoms with E-state index in [1.54, 1.807) is 0 Å². The smallest absolute Gasteiger partial charge is 0.225 e. The van der Waals surface area contributed by atoms with Crippen molar-refractivity contribution >= 4 is 11.6 Å². The maximum atomic E-state index is 11.9. The molecule has 0 fully saturated rings. The van der Waals surface area contributed by atoms with Gasteiger partial charge in [0.1, 0.15) is 0 Å². The highest BCUT2D eigenvalue weighted by molar-refractivity contribution is 5.90. The van der Waals surface area contributed by atoms with Gasteiger partial charge in [-0.3, -0.25) is 4.79 Å². The highest BCUT2D eigenvalue weighted by Crippen LogP contribution is 2.09. The fourth-order valence-electron chi connectivity index (χ4n) is 2.18. The molecule has 1 amide bonds. The van der Waals surface area contributed by atoms with Crippen LogP contribution in [0.4, 0.5) is 5.69 Å². The Balaban J connectivity index is 2.38. The van der Waals surface area contributed by atoms with Crippen molar-refractivity contribution < 1.29 is 4.79 Å². The van der Waals surface area contributed by atoms with Crippen LogP contribution in [0.5, 0.6) is 0 Å². The minimum atomic E-state index is 0.0719. The summed E-state index contributed by atoms with van der Waals surface area (Å²) >= 11 is 0. The summed E-state index contributed by atoms with van der Waals surface area (Å²) in [6.07, 6.45) is 2.79. The molecule has 0 saturated carbocycles. The molecule has 0 spiro atoms. The first kappa shape index (κ1) is 16.7. The molecular weight excluding hydrogens is 250 g/mol. The molecule has 4 heteroatoms. The molecule has 0 heterocycles. The Labute approximate surface area is 122 Å². The van der Waals surface area contributed by atoms with Crippen LogP contribution in [-0.4, -0.2) is 30.4 Å². The summed E-state index contributed by atoms with van der Waals surface area (Å²) in [4.78, 5) is 14.3. The molecule has 20 heavy (non-hydrogen) atoms. The van der Waals surface area contributed by atoms with E-state index in [2.05, 4.69) is 24.1 Å². The van der Waals surface area contributed by atoms with E-state index in [9.17, 15) is 4.79 Å². The SMILES string of the molecule is CCCN(CCC)CCC(=O)Nc1ccc(CN)cc1. The third-order valence-electron chi connectivity index (χ3n) is 3.21. The van der Waals surface area contributed by atoms with Gasteiger partial charge in [0.05, 0.1) is 0 Å². The fourth-order valence-corrected chi connectivity index (χ4v) is 2.18. The van der Waals surface area contributed by atoms with Gasteiger partial charge in [-0.2, -0.15) is 0 Å². The number of carbonyl (C=O) groups is 1. The molecule has 0 aromatic heterocycles. The Kier molecular flexibility index (Phi) is 7.92. The van der Waals surface area contributed by atoms with E-state index in [4.69, 9.17) is 5.73 Å². The van der Waals surface area contributed by atoms with Crippen LogP contribution in [0.3, 0.4) is 0 Å². The number of amides is 1. The molecule has 0 aliphatic heterocycles. The average Bonchev–Trinajstić information content (AvgIpc) is 2.46. The summed E-state index contributed by atoms with van der Waals surface area (Å²) in [6, 6.07) is 7.68. The summed E-state index contributed by atoms with van der Waals surface area (Å²) in [6.45, 7) is 7.81. The number of benzene rings is 1. The van der Waals surface area contributed by atoms with Gasteiger partial charge in [0.25, 0.3) is 0 Å². The van der Waals surface area contributed by atoms with Crippen LogP contribution in [-0.2, 0) is 11.3 Å². The number of nitrogens with zero attached hydrogens (tertiary/aromatic N) is 1. The van der Waals surface area contributed by atoms with Crippen molar-refractivity contribution in [2.45, 2.75) is 39.7 Å². The normalized spacial score (nSPS) is 10.8. The van der Waals surface area contributed by atoms with Crippen LogP contribution in [0.25, 0.3) is 0 Å². The lowest BCUT2D eigenvalue weighted by molar-refractivity contribution is -0.116. The van der Waals surface area contributed by atoms with Gasteiger partial charge in [-0.05, 0) is 43.6 Å². The number of carbonyl (C=O) groups excluding carboxylic acids is 1. The summed E-state index contributed by atoms with van der Waals surface area (Å²) in [5, 5.41) is 2.93. The summed E-state index contributed by atoms with van der Waals surface area (Å²) in [5.74, 6) is 0.0719. The lowest BCUT2D eigenvalue weighted by Gasteiger charge is -2.20. The quantitative estimate of drug-likeness (QED) is 0.729. The van der Waals surface area contributed by atoms with Gasteiger partial charge in [-0.1, -0.05) is 26.0 Å². The molecule has 1 aromatic rings. The predicted molar refractivity (Wildman–Crippen MR) is 84.6 cm³/mol. The van der Waals surface area contributed by atoms with Crippen LogP contribution in [0.2, 0.25) is 0 Å². The highest BCUT2D eigenvalue weighted by Gasteiger charge is 2.07. The van der Waals surface area contributed by atoms with Crippen molar-refractivity contribution in [3.8, 4) is 0 Å². The van der Waals surface area contributed by atoms with Gasteiger partial charge in [-0.25, -0.2) is 0 Å². The molecule has 4 nitrogen and oxygen atoms in total. The molecular formula is C16H27N3O. The van der Waals surface area contributed by atoms with Crippen molar-refractivity contribution in [2.75, 3.05) is 25.0 Å². The van der Waals surface area contributed by atoms with E-state index < -0.39 is 0 Å². The lowest BCUT2D eigenvalue weighted by atomic mass is 10.2. The van der Waals surface area contributed by atoms with Crippen LogP contribution in [0, 0.1) is 0 Å². The standard InChI is InChI=1S/C16H27N3O/c1-3-10-19(11-4-2)12-9-16(20)18-15-7-5-14(13-17)6-8-15/h5-8H,3-4,9-13,17H2,1-2H3,(H,18,20). The molecule has 1 rings (SSSR count). The minimum Gasteiger partial charge on any atom is -0.326 e. The molecule has 3 N–H and O–H groups in total. The number of hydrogen-bond donors (Lipinski definition) is 2. The summed E-state index contributed by atoms with van der Waals surface area (Å²) in [5.41, 5.74) is 7.45. The second kappa shape index (κ2) is 9.50. The van der Waals surface area contributed by atoms with E-state index in [0.717, 1.165) is 43.7 Å². The van der Waals surface area contributed by atoms with Gasteiger partial charge >= 0.3 is 0 Å². The average molecular weight is 277 g/mol. The van der Waals surface area contributed by atoms with E-state index in [-0.39, 0.29) is 5.91 Å². The first-order valence-corrected chi connectivity index (χ1v) is 7.50. The second-order valence-corrected chi connectivity index (χ2v) is 5.04. The van der Waals surface area contributed by atoms with Crippen LogP contribution in [0.1, 0.15) is 38.7 Å². The largest absolute Gasteiger partial charge is 0.326 e. The van der Waals surface area contributed by atoms with Crippen molar-refractivity contribution in [2.24, 2.45) is 5.73 Å². The van der Waals surface area contributed by atoms with Gasteiger partial charge in [0.2, 0.25) is 5.91 Å². The molecule has 0 radical (unpaired) electrons. The first-order chi connectivity index (χ1) is 9.69. The predicted octanol–water partition coefficient (Wildman–Crippen LogP) is 2.60. The molecule has 0 aliphatic rings. The Morgan fingerprint density at radius 3 is 2.20 bits per heavy atom. The Bertz CT molecular complexity index is 383. The zero-order valence-corrected chi connectivity index (χ0v) is 12.7. The van der Waals surface area contributed by atoms with Crippen molar-refractivity contribution in [3.63, 3.8) is 0 Å². The molecule has 0 saturated heterocycles. The maximum absolute atomic E-state index is 11.9. The number of hydrogen-bond acceptors (Lipinski definition) is 3. The fraction of sp³-hybridized carbons (Fsp3) is 0.562. The topological polar surface area (TPSA) is 58.4 Å². The second-order valence-electron chi connectivity index (χ2n) is 5.04. The zero-order chi connectivity index (χ0) is 14.8. The summed E-state index contributed by atoms with van der Waals surface area (Å²) in [7, 11) is 0. The maximum Gasteiger partial charge on any atom is 0.225 e. The van der Waals surface area contributed by atoms with E-state index in [0.29, 0.717) is 13.0 Å². The molecule has 0 aliphatic carbocycles. The Morgan fingerprint density at radius 1 is 1.10 bits per heavy atom. The molecule has 112 valence electrons.